The van der Waals surface area contributed by atoms with Crippen LogP contribution in [0.1, 0.15) is 52.3 Å². The summed E-state index contributed by atoms with van der Waals surface area (Å²) in [4.78, 5) is 28.9. The fraction of sp³-hybridized carbons (Fsp3) is 0.409. The number of carbonyl (C=O) groups is 2. The summed E-state index contributed by atoms with van der Waals surface area (Å²) >= 11 is 2.35. The highest BCUT2D eigenvalue weighted by atomic mass is 32.2. The summed E-state index contributed by atoms with van der Waals surface area (Å²) in [6, 6.07) is 5.95. The van der Waals surface area contributed by atoms with Gasteiger partial charge in [0, 0.05) is 7.05 Å². The van der Waals surface area contributed by atoms with Crippen LogP contribution in [0.2, 0.25) is 0 Å². The number of anilines is 1. The Labute approximate surface area is 200 Å². The molecule has 0 aliphatic rings. The number of amides is 1. The van der Waals surface area contributed by atoms with Crippen LogP contribution < -0.4 is 10.1 Å². The predicted octanol–water partition coefficient (Wildman–Crippen LogP) is 4.24. The lowest BCUT2D eigenvalue weighted by Crippen LogP contribution is -2.14. The zero-order valence-corrected chi connectivity index (χ0v) is 21.1. The predicted molar refractivity (Wildman–Crippen MR) is 128 cm³/mol. The van der Waals surface area contributed by atoms with Crippen molar-refractivity contribution in [2.45, 2.75) is 45.9 Å². The van der Waals surface area contributed by atoms with Gasteiger partial charge in [-0.25, -0.2) is 9.78 Å². The SMILES string of the molecule is CCOC(=O)c1sc(NC(=O)CSc2nnc(C(C)Oc3ccc(C)c(C)c3)n2C)nc1C. The highest BCUT2D eigenvalue weighted by Gasteiger charge is 2.20. The van der Waals surface area contributed by atoms with E-state index in [4.69, 9.17) is 9.47 Å². The first kappa shape index (κ1) is 24.7. The van der Waals surface area contributed by atoms with Crippen LogP contribution in [0.3, 0.4) is 0 Å². The van der Waals surface area contributed by atoms with Crippen LogP contribution in [-0.4, -0.2) is 44.0 Å². The summed E-state index contributed by atoms with van der Waals surface area (Å²) < 4.78 is 12.8. The van der Waals surface area contributed by atoms with Crippen molar-refractivity contribution in [1.29, 1.82) is 0 Å². The summed E-state index contributed by atoms with van der Waals surface area (Å²) in [7, 11) is 1.84. The van der Waals surface area contributed by atoms with E-state index < -0.39 is 5.97 Å². The first-order chi connectivity index (χ1) is 15.7. The molecule has 1 aromatic carbocycles. The Kier molecular flexibility index (Phi) is 8.09. The zero-order valence-electron chi connectivity index (χ0n) is 19.5. The number of ether oxygens (including phenoxy) is 2. The molecule has 0 aliphatic carbocycles. The number of benzene rings is 1. The van der Waals surface area contributed by atoms with E-state index in [0.717, 1.165) is 22.6 Å². The van der Waals surface area contributed by atoms with Crippen LogP contribution in [0.4, 0.5) is 5.13 Å². The van der Waals surface area contributed by atoms with Gasteiger partial charge < -0.3 is 19.4 Å². The average Bonchev–Trinajstić information content (AvgIpc) is 3.31. The van der Waals surface area contributed by atoms with Gasteiger partial charge in [0.25, 0.3) is 0 Å². The number of thiazole rings is 1. The van der Waals surface area contributed by atoms with Gasteiger partial charge in [-0.2, -0.15) is 0 Å². The third-order valence-corrected chi connectivity index (χ3v) is 6.93. The van der Waals surface area contributed by atoms with E-state index in [0.29, 0.717) is 26.7 Å². The molecular weight excluding hydrogens is 462 g/mol. The number of aromatic nitrogens is 4. The van der Waals surface area contributed by atoms with E-state index in [-0.39, 0.29) is 24.4 Å². The molecule has 3 rings (SSSR count). The fourth-order valence-corrected chi connectivity index (χ4v) is 4.57. The molecule has 0 bridgehead atoms. The summed E-state index contributed by atoms with van der Waals surface area (Å²) in [5.74, 6) is 0.847. The monoisotopic (exact) mass is 489 g/mol. The van der Waals surface area contributed by atoms with Crippen molar-refractivity contribution in [2.24, 2.45) is 7.05 Å². The molecule has 1 N–H and O–H groups in total. The van der Waals surface area contributed by atoms with E-state index in [1.807, 2.05) is 43.7 Å². The van der Waals surface area contributed by atoms with Crippen LogP contribution in [0.25, 0.3) is 0 Å². The highest BCUT2D eigenvalue weighted by Crippen LogP contribution is 2.26. The first-order valence-electron chi connectivity index (χ1n) is 10.4. The van der Waals surface area contributed by atoms with Crippen molar-refractivity contribution < 1.29 is 19.1 Å². The lowest BCUT2D eigenvalue weighted by molar-refractivity contribution is -0.113. The molecule has 0 fully saturated rings. The number of nitrogens with zero attached hydrogens (tertiary/aromatic N) is 4. The standard InChI is InChI=1S/C22H27N5O4S2/c1-7-30-20(29)18-14(4)23-21(33-18)24-17(28)11-32-22-26-25-19(27(22)6)15(5)31-16-9-8-12(2)13(3)10-16/h8-10,15H,7,11H2,1-6H3,(H,23,24,28). The van der Waals surface area contributed by atoms with Gasteiger partial charge >= 0.3 is 5.97 Å². The third-order valence-electron chi connectivity index (χ3n) is 4.86. The molecule has 0 spiro atoms. The number of esters is 1. The minimum Gasteiger partial charge on any atom is -0.483 e. The Morgan fingerprint density at radius 1 is 1.21 bits per heavy atom. The number of hydrogen-bond acceptors (Lipinski definition) is 9. The Balaban J connectivity index is 1.58. The number of thioether (sulfide) groups is 1. The van der Waals surface area contributed by atoms with E-state index in [1.165, 1.54) is 17.3 Å². The van der Waals surface area contributed by atoms with Gasteiger partial charge in [0.2, 0.25) is 5.91 Å². The minimum absolute atomic E-state index is 0.117. The molecule has 176 valence electrons. The molecular formula is C22H27N5O4S2. The number of carbonyl (C=O) groups excluding carboxylic acids is 2. The quantitative estimate of drug-likeness (QED) is 0.351. The van der Waals surface area contributed by atoms with E-state index in [1.54, 1.807) is 13.8 Å². The first-order valence-corrected chi connectivity index (χ1v) is 12.2. The second-order valence-corrected chi connectivity index (χ2v) is 9.34. The largest absolute Gasteiger partial charge is 0.483 e. The number of aryl methyl sites for hydroxylation is 3. The van der Waals surface area contributed by atoms with Gasteiger partial charge in [-0.3, -0.25) is 4.79 Å². The van der Waals surface area contributed by atoms with E-state index in [9.17, 15) is 9.59 Å². The number of nitrogens with one attached hydrogen (secondary N) is 1. The molecule has 0 radical (unpaired) electrons. The van der Waals surface area contributed by atoms with Gasteiger partial charge in [0.05, 0.1) is 18.1 Å². The van der Waals surface area contributed by atoms with E-state index >= 15 is 0 Å². The molecule has 9 nitrogen and oxygen atoms in total. The fourth-order valence-electron chi connectivity index (χ4n) is 2.97. The minimum atomic E-state index is -0.439. The topological polar surface area (TPSA) is 108 Å². The van der Waals surface area contributed by atoms with Crippen molar-refractivity contribution >= 4 is 40.1 Å². The molecule has 33 heavy (non-hydrogen) atoms. The Bertz CT molecular complexity index is 1160. The van der Waals surface area contributed by atoms with E-state index in [2.05, 4.69) is 27.4 Å². The summed E-state index contributed by atoms with van der Waals surface area (Å²) in [5, 5.41) is 12.1. The van der Waals surface area contributed by atoms with Crippen molar-refractivity contribution in [3.63, 3.8) is 0 Å². The second-order valence-electron chi connectivity index (χ2n) is 7.40. The summed E-state index contributed by atoms with van der Waals surface area (Å²) in [6.07, 6.45) is -0.313. The second kappa shape index (κ2) is 10.8. The van der Waals surface area contributed by atoms with Gasteiger partial charge in [0.1, 0.15) is 10.6 Å². The number of rotatable bonds is 9. The maximum Gasteiger partial charge on any atom is 0.350 e. The van der Waals surface area contributed by atoms with Crippen molar-refractivity contribution in [3.05, 3.63) is 45.7 Å². The lowest BCUT2D eigenvalue weighted by Gasteiger charge is -2.15. The van der Waals surface area contributed by atoms with Crippen molar-refractivity contribution in [2.75, 3.05) is 17.7 Å². The van der Waals surface area contributed by atoms with Gasteiger partial charge in [0.15, 0.2) is 22.2 Å². The summed E-state index contributed by atoms with van der Waals surface area (Å²) in [6.45, 7) is 9.73. The molecule has 0 aliphatic heterocycles. The molecule has 11 heteroatoms. The molecule has 1 atom stereocenters. The Morgan fingerprint density at radius 2 is 1.97 bits per heavy atom. The molecule has 3 aromatic rings. The normalized spacial score (nSPS) is 11.8. The smallest absolute Gasteiger partial charge is 0.350 e. The van der Waals surface area contributed by atoms with Gasteiger partial charge in [-0.05, 0) is 57.9 Å². The molecule has 0 saturated heterocycles. The maximum absolute atomic E-state index is 12.4. The molecule has 1 unspecified atom stereocenters. The van der Waals surface area contributed by atoms with Crippen LogP contribution in [0.15, 0.2) is 23.4 Å². The van der Waals surface area contributed by atoms with Crippen LogP contribution in [0, 0.1) is 20.8 Å². The van der Waals surface area contributed by atoms with Gasteiger partial charge in [-0.15, -0.1) is 10.2 Å². The summed E-state index contributed by atoms with van der Waals surface area (Å²) in [5.41, 5.74) is 2.89. The third kappa shape index (κ3) is 6.11. The molecule has 0 saturated carbocycles. The van der Waals surface area contributed by atoms with Crippen LogP contribution in [-0.2, 0) is 16.6 Å². The molecule has 2 heterocycles. The number of hydrogen-bond donors (Lipinski definition) is 1. The van der Waals surface area contributed by atoms with Crippen LogP contribution in [0.5, 0.6) is 5.75 Å². The van der Waals surface area contributed by atoms with Gasteiger partial charge in [-0.1, -0.05) is 29.2 Å². The van der Waals surface area contributed by atoms with Crippen molar-refractivity contribution in [3.8, 4) is 5.75 Å². The highest BCUT2D eigenvalue weighted by molar-refractivity contribution is 7.99. The maximum atomic E-state index is 12.4. The zero-order chi connectivity index (χ0) is 24.1. The van der Waals surface area contributed by atoms with Crippen molar-refractivity contribution in [1.82, 2.24) is 19.7 Å². The average molecular weight is 490 g/mol. The Morgan fingerprint density at radius 3 is 2.67 bits per heavy atom. The Hall–Kier alpha value is -2.92. The lowest BCUT2D eigenvalue weighted by atomic mass is 10.1. The van der Waals surface area contributed by atoms with Crippen LogP contribution >= 0.6 is 23.1 Å². The molecule has 1 amide bonds. The molecule has 2 aromatic heterocycles.